The van der Waals surface area contributed by atoms with Crippen LogP contribution in [0.3, 0.4) is 0 Å². The second-order valence-corrected chi connectivity index (χ2v) is 2.91. The van der Waals surface area contributed by atoms with E-state index < -0.39 is 0 Å². The van der Waals surface area contributed by atoms with Gasteiger partial charge in [-0.3, -0.25) is 4.98 Å². The van der Waals surface area contributed by atoms with Gasteiger partial charge in [-0.05, 0) is 30.0 Å². The normalized spacial score (nSPS) is 14.5. The predicted molar refractivity (Wildman–Crippen MR) is 46.2 cm³/mol. The van der Waals surface area contributed by atoms with Crippen molar-refractivity contribution >= 4 is 6.08 Å². The van der Waals surface area contributed by atoms with Crippen molar-refractivity contribution in [1.29, 1.82) is 0 Å². The number of pyridine rings is 1. The van der Waals surface area contributed by atoms with E-state index in [9.17, 15) is 0 Å². The smallest absolute Gasteiger partial charge is 0.0309 e. The molecule has 0 N–H and O–H groups in total. The van der Waals surface area contributed by atoms with Crippen LogP contribution in [0, 0.1) is 0 Å². The second-order valence-electron chi connectivity index (χ2n) is 2.91. The Bertz CT molecular complexity index is 299. The fraction of sp³-hybridized carbons (Fsp3) is 0.300. The summed E-state index contributed by atoms with van der Waals surface area (Å²) in [5.74, 6) is 0. The summed E-state index contributed by atoms with van der Waals surface area (Å²) in [5.41, 5.74) is 4.26. The molecule has 1 aliphatic rings. The number of hydrogen-bond acceptors (Lipinski definition) is 1. The first-order valence-electron chi connectivity index (χ1n) is 4.02. The first kappa shape index (κ1) is 6.59. The van der Waals surface area contributed by atoms with E-state index in [2.05, 4.69) is 24.1 Å². The quantitative estimate of drug-likeness (QED) is 0.591. The van der Waals surface area contributed by atoms with Gasteiger partial charge in [0.25, 0.3) is 0 Å². The number of hydrogen-bond donors (Lipinski definition) is 0. The van der Waals surface area contributed by atoms with E-state index in [0.29, 0.717) is 0 Å². The van der Waals surface area contributed by atoms with Crippen LogP contribution in [-0.4, -0.2) is 4.98 Å². The first-order valence-corrected chi connectivity index (χ1v) is 4.02. The summed E-state index contributed by atoms with van der Waals surface area (Å²) in [5, 5.41) is 0. The average molecular weight is 145 g/mol. The Balaban J connectivity index is 2.39. The number of aromatic nitrogens is 1. The molecule has 56 valence electrons. The summed E-state index contributed by atoms with van der Waals surface area (Å²) < 4.78 is 0. The lowest BCUT2D eigenvalue weighted by atomic mass is 10.1. The van der Waals surface area contributed by atoms with Gasteiger partial charge >= 0.3 is 0 Å². The molecule has 1 aromatic rings. The van der Waals surface area contributed by atoms with Gasteiger partial charge in [-0.15, -0.1) is 0 Å². The molecule has 0 fully saturated rings. The summed E-state index contributed by atoms with van der Waals surface area (Å²) >= 11 is 0. The lowest BCUT2D eigenvalue weighted by Gasteiger charge is -1.94. The van der Waals surface area contributed by atoms with Crippen LogP contribution in [0.2, 0.25) is 0 Å². The minimum absolute atomic E-state index is 1.11. The topological polar surface area (TPSA) is 12.9 Å². The number of allylic oxidation sites excluding steroid dienone is 1. The number of fused-ring (bicyclic) bond motifs is 1. The van der Waals surface area contributed by atoms with E-state index in [1.807, 2.05) is 12.4 Å². The van der Waals surface area contributed by atoms with E-state index >= 15 is 0 Å². The van der Waals surface area contributed by atoms with Crippen LogP contribution in [-0.2, 0) is 6.42 Å². The van der Waals surface area contributed by atoms with Crippen molar-refractivity contribution in [3.8, 4) is 0 Å². The van der Waals surface area contributed by atoms with Gasteiger partial charge in [-0.25, -0.2) is 0 Å². The zero-order valence-corrected chi connectivity index (χ0v) is 6.67. The van der Waals surface area contributed by atoms with Gasteiger partial charge in [-0.1, -0.05) is 18.6 Å². The van der Waals surface area contributed by atoms with Crippen molar-refractivity contribution in [3.05, 3.63) is 35.2 Å². The molecule has 2 rings (SSSR count). The molecule has 0 unspecified atom stereocenters. The first-order chi connectivity index (χ1) is 5.40. The van der Waals surface area contributed by atoms with Gasteiger partial charge in [-0.2, -0.15) is 0 Å². The third-order valence-electron chi connectivity index (χ3n) is 2.17. The number of rotatable bonds is 1. The molecular weight excluding hydrogens is 134 g/mol. The molecule has 1 aliphatic carbocycles. The van der Waals surface area contributed by atoms with Crippen molar-refractivity contribution in [2.24, 2.45) is 0 Å². The largest absolute Gasteiger partial charge is 0.264 e. The molecule has 0 saturated heterocycles. The lowest BCUT2D eigenvalue weighted by Crippen LogP contribution is -1.83. The van der Waals surface area contributed by atoms with Crippen molar-refractivity contribution < 1.29 is 0 Å². The molecule has 0 bridgehead atoms. The van der Waals surface area contributed by atoms with Crippen LogP contribution in [0.25, 0.3) is 6.08 Å². The summed E-state index contributed by atoms with van der Waals surface area (Å²) in [6.07, 6.45) is 8.37. The fourth-order valence-corrected chi connectivity index (χ4v) is 1.47. The zero-order valence-electron chi connectivity index (χ0n) is 6.67. The molecular formula is C10H11N. The summed E-state index contributed by atoms with van der Waals surface area (Å²) in [4.78, 5) is 4.09. The Kier molecular flexibility index (Phi) is 1.50. The van der Waals surface area contributed by atoms with E-state index in [-0.39, 0.29) is 0 Å². The predicted octanol–water partition coefficient (Wildman–Crippen LogP) is 2.43. The van der Waals surface area contributed by atoms with Crippen LogP contribution < -0.4 is 0 Å². The van der Waals surface area contributed by atoms with E-state index in [4.69, 9.17) is 0 Å². The SMILES string of the molecule is CCC1=Cc2ccncc2C1. The minimum Gasteiger partial charge on any atom is -0.264 e. The molecule has 0 aliphatic heterocycles. The highest BCUT2D eigenvalue weighted by atomic mass is 14.6. The Labute approximate surface area is 66.8 Å². The van der Waals surface area contributed by atoms with Crippen molar-refractivity contribution in [3.63, 3.8) is 0 Å². The maximum absolute atomic E-state index is 4.09. The highest BCUT2D eigenvalue weighted by molar-refractivity contribution is 5.62. The molecule has 0 amide bonds. The van der Waals surface area contributed by atoms with Crippen LogP contribution in [0.4, 0.5) is 0 Å². The summed E-state index contributed by atoms with van der Waals surface area (Å²) in [6.45, 7) is 2.20. The fourth-order valence-electron chi connectivity index (χ4n) is 1.47. The second kappa shape index (κ2) is 2.50. The Morgan fingerprint density at radius 3 is 3.18 bits per heavy atom. The van der Waals surface area contributed by atoms with E-state index in [1.54, 1.807) is 0 Å². The average Bonchev–Trinajstić information content (AvgIpc) is 2.46. The maximum Gasteiger partial charge on any atom is 0.0309 e. The van der Waals surface area contributed by atoms with E-state index in [1.165, 1.54) is 16.7 Å². The standard InChI is InChI=1S/C10H11N/c1-2-8-5-9-3-4-11-7-10(9)6-8/h3-5,7H,2,6H2,1H3. The molecule has 0 aromatic carbocycles. The Morgan fingerprint density at radius 2 is 2.45 bits per heavy atom. The van der Waals surface area contributed by atoms with Crippen LogP contribution >= 0.6 is 0 Å². The van der Waals surface area contributed by atoms with Gasteiger partial charge in [0.15, 0.2) is 0 Å². The van der Waals surface area contributed by atoms with Gasteiger partial charge in [0.2, 0.25) is 0 Å². The minimum atomic E-state index is 1.11. The van der Waals surface area contributed by atoms with Crippen LogP contribution in [0.15, 0.2) is 24.0 Å². The highest BCUT2D eigenvalue weighted by Crippen LogP contribution is 2.24. The van der Waals surface area contributed by atoms with Gasteiger partial charge in [0.05, 0.1) is 0 Å². The zero-order chi connectivity index (χ0) is 7.68. The third kappa shape index (κ3) is 1.07. The molecule has 1 heteroatoms. The summed E-state index contributed by atoms with van der Waals surface area (Å²) in [7, 11) is 0. The maximum atomic E-state index is 4.09. The van der Waals surface area contributed by atoms with Gasteiger partial charge in [0.1, 0.15) is 0 Å². The third-order valence-corrected chi connectivity index (χ3v) is 2.17. The summed E-state index contributed by atoms with van der Waals surface area (Å²) in [6, 6.07) is 2.08. The molecule has 1 aromatic heterocycles. The van der Waals surface area contributed by atoms with Gasteiger partial charge in [0, 0.05) is 12.4 Å². The molecule has 0 radical (unpaired) electrons. The van der Waals surface area contributed by atoms with Gasteiger partial charge < -0.3 is 0 Å². The lowest BCUT2D eigenvalue weighted by molar-refractivity contribution is 1.03. The monoisotopic (exact) mass is 145 g/mol. The molecule has 0 saturated carbocycles. The van der Waals surface area contributed by atoms with Crippen LogP contribution in [0.1, 0.15) is 24.5 Å². The van der Waals surface area contributed by atoms with Crippen molar-refractivity contribution in [2.75, 3.05) is 0 Å². The van der Waals surface area contributed by atoms with Crippen LogP contribution in [0.5, 0.6) is 0 Å². The highest BCUT2D eigenvalue weighted by Gasteiger charge is 2.09. The molecule has 11 heavy (non-hydrogen) atoms. The molecule has 0 spiro atoms. The molecule has 1 nitrogen and oxygen atoms in total. The Hall–Kier alpha value is -1.11. The van der Waals surface area contributed by atoms with E-state index in [0.717, 1.165) is 12.8 Å². The molecule has 0 atom stereocenters. The van der Waals surface area contributed by atoms with Crippen molar-refractivity contribution in [2.45, 2.75) is 19.8 Å². The Morgan fingerprint density at radius 1 is 1.55 bits per heavy atom. The number of nitrogens with zero attached hydrogens (tertiary/aromatic N) is 1. The molecule has 1 heterocycles. The van der Waals surface area contributed by atoms with Crippen molar-refractivity contribution in [1.82, 2.24) is 4.98 Å².